The van der Waals surface area contributed by atoms with E-state index in [1.165, 1.54) is 19.3 Å². The van der Waals surface area contributed by atoms with Crippen molar-refractivity contribution in [3.05, 3.63) is 22.2 Å². The number of ketones is 2. The number of hydrogen-bond donors (Lipinski definition) is 0. The van der Waals surface area contributed by atoms with Crippen LogP contribution >= 0.6 is 47.8 Å². The molecule has 0 fully saturated rings. The Balaban J connectivity index is 3.09. The summed E-state index contributed by atoms with van der Waals surface area (Å²) >= 11 is 9.63. The van der Waals surface area contributed by atoms with Gasteiger partial charge in [0.2, 0.25) is 0 Å². The van der Waals surface area contributed by atoms with Crippen molar-refractivity contribution in [2.24, 2.45) is 0 Å². The molecule has 0 aromatic carbocycles. The smallest absolute Gasteiger partial charge is 0.189 e. The molecule has 0 atom stereocenters. The Labute approximate surface area is 112 Å². The van der Waals surface area contributed by atoms with Gasteiger partial charge in [0.25, 0.3) is 0 Å². The third-order valence-corrected chi connectivity index (χ3v) is 5.46. The van der Waals surface area contributed by atoms with Gasteiger partial charge >= 0.3 is 0 Å². The van der Waals surface area contributed by atoms with E-state index in [9.17, 15) is 9.59 Å². The van der Waals surface area contributed by atoms with Gasteiger partial charge < -0.3 is 4.74 Å². The first-order chi connectivity index (χ1) is 6.91. The van der Waals surface area contributed by atoms with Crippen LogP contribution in [0.5, 0.6) is 0 Å². The van der Waals surface area contributed by atoms with Crippen LogP contribution in [0, 0.1) is 0 Å². The molecule has 1 aliphatic rings. The van der Waals surface area contributed by atoms with Crippen LogP contribution < -0.4 is 0 Å². The normalized spacial score (nSPS) is 19.6. The fraction of sp³-hybridized carbons (Fsp3) is 0.333. The molecule has 3 nitrogen and oxygen atoms in total. The lowest BCUT2D eigenvalue weighted by molar-refractivity contribution is -0.118. The zero-order chi connectivity index (χ0) is 11.6. The summed E-state index contributed by atoms with van der Waals surface area (Å²) < 4.78 is 4.17. The van der Waals surface area contributed by atoms with Crippen molar-refractivity contribution in [1.82, 2.24) is 0 Å². The number of alkyl halides is 2. The van der Waals surface area contributed by atoms with Gasteiger partial charge in [-0.05, 0) is 12.2 Å². The Morgan fingerprint density at radius 3 is 2.60 bits per heavy atom. The van der Waals surface area contributed by atoms with Crippen LogP contribution in [-0.2, 0) is 14.3 Å². The van der Waals surface area contributed by atoms with Crippen molar-refractivity contribution in [3.8, 4) is 0 Å². The van der Waals surface area contributed by atoms with E-state index >= 15 is 0 Å². The standard InChI is InChI=1S/C9H7Br3O3/c1-15-4-6(13)5-2-3-7(14)9(11,12)8(5)10/h2-3H,4H2,1H3. The number of carbonyl (C=O) groups is 2. The molecular weight excluding hydrogens is 396 g/mol. The van der Waals surface area contributed by atoms with E-state index in [-0.39, 0.29) is 18.2 Å². The fourth-order valence-electron chi connectivity index (χ4n) is 1.04. The van der Waals surface area contributed by atoms with Gasteiger partial charge in [-0.3, -0.25) is 9.59 Å². The van der Waals surface area contributed by atoms with Gasteiger partial charge in [0.15, 0.2) is 14.8 Å². The van der Waals surface area contributed by atoms with Crippen molar-refractivity contribution in [2.45, 2.75) is 3.23 Å². The highest BCUT2D eigenvalue weighted by Gasteiger charge is 2.39. The summed E-state index contributed by atoms with van der Waals surface area (Å²) in [6.07, 6.45) is 2.83. The van der Waals surface area contributed by atoms with Crippen LogP contribution in [0.2, 0.25) is 0 Å². The van der Waals surface area contributed by atoms with Gasteiger partial charge in [0, 0.05) is 17.2 Å². The average molecular weight is 403 g/mol. The second-order valence-electron chi connectivity index (χ2n) is 2.86. The first-order valence-electron chi connectivity index (χ1n) is 3.94. The lowest BCUT2D eigenvalue weighted by Gasteiger charge is -2.22. The number of halogens is 3. The molecule has 0 saturated heterocycles. The minimum Gasteiger partial charge on any atom is -0.377 e. The predicted molar refractivity (Wildman–Crippen MR) is 67.6 cm³/mol. The van der Waals surface area contributed by atoms with Crippen LogP contribution in [0.15, 0.2) is 22.2 Å². The van der Waals surface area contributed by atoms with Gasteiger partial charge in [-0.25, -0.2) is 0 Å². The first-order valence-corrected chi connectivity index (χ1v) is 6.32. The number of ether oxygens (including phenoxy) is 1. The number of methoxy groups -OCH3 is 1. The largest absolute Gasteiger partial charge is 0.377 e. The average Bonchev–Trinajstić information content (AvgIpc) is 2.15. The maximum atomic E-state index is 11.6. The predicted octanol–water partition coefficient (Wildman–Crippen LogP) is 2.48. The number of carbonyl (C=O) groups excluding carboxylic acids is 2. The quantitative estimate of drug-likeness (QED) is 0.681. The molecule has 15 heavy (non-hydrogen) atoms. The van der Waals surface area contributed by atoms with Gasteiger partial charge in [-0.2, -0.15) is 0 Å². The molecule has 0 saturated carbocycles. The lowest BCUT2D eigenvalue weighted by Crippen LogP contribution is -2.29. The Kier molecular flexibility index (Phi) is 4.46. The van der Waals surface area contributed by atoms with E-state index in [2.05, 4.69) is 47.8 Å². The molecule has 0 aliphatic heterocycles. The Morgan fingerprint density at radius 2 is 2.07 bits per heavy atom. The SMILES string of the molecule is COCC(=O)C1=C(Br)C(Br)(Br)C(=O)C=C1. The summed E-state index contributed by atoms with van der Waals surface area (Å²) in [6.45, 7) is -0.0148. The van der Waals surface area contributed by atoms with Crippen LogP contribution in [0.3, 0.4) is 0 Å². The summed E-state index contributed by atoms with van der Waals surface area (Å²) in [6, 6.07) is 0. The highest BCUT2D eigenvalue weighted by Crippen LogP contribution is 2.43. The molecular formula is C9H7Br3O3. The minimum absolute atomic E-state index is 0.0148. The molecule has 1 rings (SSSR count). The van der Waals surface area contributed by atoms with Crippen LogP contribution in [0.25, 0.3) is 0 Å². The zero-order valence-electron chi connectivity index (χ0n) is 7.72. The van der Waals surface area contributed by atoms with E-state index in [1.54, 1.807) is 0 Å². The third kappa shape index (κ3) is 2.67. The van der Waals surface area contributed by atoms with Gasteiger partial charge in [0.1, 0.15) is 6.61 Å². The van der Waals surface area contributed by atoms with E-state index in [1.807, 2.05) is 0 Å². The molecule has 0 aromatic heterocycles. The van der Waals surface area contributed by atoms with Crippen LogP contribution in [0.4, 0.5) is 0 Å². The number of allylic oxidation sites excluding steroid dienone is 3. The van der Waals surface area contributed by atoms with Crippen LogP contribution in [0.1, 0.15) is 0 Å². The molecule has 0 N–H and O–H groups in total. The molecule has 0 radical (unpaired) electrons. The van der Waals surface area contributed by atoms with Crippen molar-refractivity contribution >= 4 is 59.4 Å². The number of Topliss-reactive ketones (excluding diaryl/α,β-unsaturated/α-hetero) is 1. The Bertz CT molecular complexity index is 369. The minimum atomic E-state index is -1.03. The Morgan fingerprint density at radius 1 is 1.47 bits per heavy atom. The van der Waals surface area contributed by atoms with Gasteiger partial charge in [0.05, 0.1) is 0 Å². The van der Waals surface area contributed by atoms with Crippen molar-refractivity contribution in [2.75, 3.05) is 13.7 Å². The number of hydrogen-bond acceptors (Lipinski definition) is 3. The summed E-state index contributed by atoms with van der Waals surface area (Å²) in [5, 5.41) is 0. The fourth-order valence-corrected chi connectivity index (χ4v) is 2.28. The summed E-state index contributed by atoms with van der Waals surface area (Å²) in [5.74, 6) is -0.361. The molecule has 0 bridgehead atoms. The topological polar surface area (TPSA) is 43.4 Å². The van der Waals surface area contributed by atoms with E-state index in [0.717, 1.165) is 0 Å². The van der Waals surface area contributed by atoms with Gasteiger partial charge in [-0.1, -0.05) is 47.8 Å². The maximum Gasteiger partial charge on any atom is 0.189 e. The molecule has 6 heteroatoms. The van der Waals surface area contributed by atoms with Crippen molar-refractivity contribution < 1.29 is 14.3 Å². The molecule has 0 heterocycles. The second kappa shape index (κ2) is 5.03. The summed E-state index contributed by atoms with van der Waals surface area (Å²) in [5.41, 5.74) is 0.421. The summed E-state index contributed by atoms with van der Waals surface area (Å²) in [4.78, 5) is 23.1. The molecule has 0 aromatic rings. The third-order valence-electron chi connectivity index (χ3n) is 1.80. The van der Waals surface area contributed by atoms with E-state index < -0.39 is 3.23 Å². The van der Waals surface area contributed by atoms with Crippen LogP contribution in [-0.4, -0.2) is 28.5 Å². The molecule has 0 unspecified atom stereocenters. The van der Waals surface area contributed by atoms with E-state index in [0.29, 0.717) is 10.1 Å². The molecule has 82 valence electrons. The van der Waals surface area contributed by atoms with Crippen molar-refractivity contribution in [1.29, 1.82) is 0 Å². The lowest BCUT2D eigenvalue weighted by atomic mass is 10.0. The molecule has 0 amide bonds. The Hall–Kier alpha value is 0.220. The first kappa shape index (κ1) is 13.3. The molecule has 0 spiro atoms. The monoisotopic (exact) mass is 400 g/mol. The van der Waals surface area contributed by atoms with Gasteiger partial charge in [-0.15, -0.1) is 0 Å². The number of rotatable bonds is 3. The zero-order valence-corrected chi connectivity index (χ0v) is 12.5. The highest BCUT2D eigenvalue weighted by atomic mass is 79.9. The highest BCUT2D eigenvalue weighted by molar-refractivity contribution is 9.27. The van der Waals surface area contributed by atoms with Crippen molar-refractivity contribution in [3.63, 3.8) is 0 Å². The molecule has 1 aliphatic carbocycles. The second-order valence-corrected chi connectivity index (χ2v) is 7.09. The summed E-state index contributed by atoms with van der Waals surface area (Å²) in [7, 11) is 1.44. The maximum absolute atomic E-state index is 11.6. The van der Waals surface area contributed by atoms with E-state index in [4.69, 9.17) is 4.74 Å².